The molecule has 0 spiro atoms. The molecule has 0 aliphatic rings. The Labute approximate surface area is 160 Å². The average Bonchev–Trinajstić information content (AvgIpc) is 2.67. The van der Waals surface area contributed by atoms with E-state index in [1.807, 2.05) is 0 Å². The van der Waals surface area contributed by atoms with Crippen molar-refractivity contribution in [3.8, 4) is 0 Å². The highest BCUT2D eigenvalue weighted by Gasteiger charge is 2.33. The van der Waals surface area contributed by atoms with Gasteiger partial charge in [0.2, 0.25) is 5.91 Å². The number of benzene rings is 1. The molecule has 0 fully saturated rings. The van der Waals surface area contributed by atoms with Gasteiger partial charge in [0.25, 0.3) is 5.56 Å². The third kappa shape index (κ3) is 4.18. The molecule has 7 nitrogen and oxygen atoms in total. The first-order chi connectivity index (χ1) is 13.6. The zero-order chi connectivity index (χ0) is 21.3. The van der Waals surface area contributed by atoms with E-state index in [4.69, 9.17) is 0 Å². The van der Waals surface area contributed by atoms with Crippen LogP contribution in [0.2, 0.25) is 0 Å². The van der Waals surface area contributed by atoms with E-state index in [2.05, 4.69) is 10.3 Å². The second kappa shape index (κ2) is 7.49. The van der Waals surface area contributed by atoms with Crippen LogP contribution in [0.15, 0.2) is 46.0 Å². The number of nitrogens with zero attached hydrogens (tertiary/aromatic N) is 3. The second-order valence-electron chi connectivity index (χ2n) is 6.17. The molecule has 0 unspecified atom stereocenters. The van der Waals surface area contributed by atoms with Crippen LogP contribution in [-0.2, 0) is 24.6 Å². The quantitative estimate of drug-likeness (QED) is 0.669. The normalized spacial score (nSPS) is 11.6. The van der Waals surface area contributed by atoms with Gasteiger partial charge in [0.05, 0.1) is 5.39 Å². The summed E-state index contributed by atoms with van der Waals surface area (Å²) in [5, 5.41) is 2.31. The third-order valence-corrected chi connectivity index (χ3v) is 4.17. The number of carbonyl (C=O) groups is 1. The zero-order valence-electron chi connectivity index (χ0n) is 15.0. The number of hydrogen-bond donors (Lipinski definition) is 1. The summed E-state index contributed by atoms with van der Waals surface area (Å²) in [6.07, 6.45) is -4.98. The Morgan fingerprint density at radius 1 is 1.10 bits per heavy atom. The van der Waals surface area contributed by atoms with Crippen molar-refractivity contribution in [2.24, 2.45) is 7.05 Å². The molecule has 0 aliphatic carbocycles. The van der Waals surface area contributed by atoms with E-state index in [0.717, 1.165) is 27.3 Å². The maximum Gasteiger partial charge on any atom is 0.433 e. The molecule has 1 N–H and O–H groups in total. The topological polar surface area (TPSA) is 86.0 Å². The van der Waals surface area contributed by atoms with E-state index >= 15 is 0 Å². The molecule has 0 bridgehead atoms. The lowest BCUT2D eigenvalue weighted by molar-refractivity contribution is -0.141. The Morgan fingerprint density at radius 2 is 1.76 bits per heavy atom. The number of hydrogen-bond acceptors (Lipinski definition) is 4. The summed E-state index contributed by atoms with van der Waals surface area (Å²) in [5.74, 6) is -1.01. The molecule has 0 atom stereocenters. The van der Waals surface area contributed by atoms with Gasteiger partial charge in [-0.3, -0.25) is 18.7 Å². The fraction of sp³-hybridized carbons (Fsp3) is 0.222. The lowest BCUT2D eigenvalue weighted by atomic mass is 10.2. The van der Waals surface area contributed by atoms with Crippen molar-refractivity contribution < 1.29 is 22.4 Å². The highest BCUT2D eigenvalue weighted by molar-refractivity contribution is 5.90. The molecule has 1 amide bonds. The summed E-state index contributed by atoms with van der Waals surface area (Å²) in [6, 6.07) is 6.60. The van der Waals surface area contributed by atoms with Gasteiger partial charge in [-0.15, -0.1) is 0 Å². The Bertz CT molecular complexity index is 1200. The minimum atomic E-state index is -4.72. The predicted molar refractivity (Wildman–Crippen MR) is 95.9 cm³/mol. The molecule has 3 rings (SSSR count). The van der Waals surface area contributed by atoms with E-state index in [1.165, 1.54) is 19.2 Å². The van der Waals surface area contributed by atoms with Crippen LogP contribution in [0.1, 0.15) is 12.1 Å². The molecule has 152 valence electrons. The lowest BCUT2D eigenvalue weighted by Crippen LogP contribution is -2.40. The van der Waals surface area contributed by atoms with Gasteiger partial charge in [0, 0.05) is 25.7 Å². The number of aryl methyl sites for hydroxylation is 1. The third-order valence-electron chi connectivity index (χ3n) is 4.17. The number of anilines is 1. The van der Waals surface area contributed by atoms with Gasteiger partial charge in [-0.05, 0) is 36.4 Å². The molecule has 0 saturated carbocycles. The van der Waals surface area contributed by atoms with Crippen LogP contribution >= 0.6 is 0 Å². The van der Waals surface area contributed by atoms with Crippen LogP contribution in [0.5, 0.6) is 0 Å². The first-order valence-corrected chi connectivity index (χ1v) is 8.31. The second-order valence-corrected chi connectivity index (χ2v) is 6.17. The summed E-state index contributed by atoms with van der Waals surface area (Å²) in [7, 11) is 1.19. The summed E-state index contributed by atoms with van der Waals surface area (Å²) >= 11 is 0. The Morgan fingerprint density at radius 3 is 2.38 bits per heavy atom. The van der Waals surface area contributed by atoms with Gasteiger partial charge in [-0.25, -0.2) is 14.2 Å². The Hall–Kier alpha value is -3.50. The van der Waals surface area contributed by atoms with Gasteiger partial charge < -0.3 is 5.32 Å². The molecule has 1 aromatic carbocycles. The number of amides is 1. The Balaban J connectivity index is 1.88. The maximum atomic E-state index is 12.9. The summed E-state index contributed by atoms with van der Waals surface area (Å²) in [4.78, 5) is 40.3. The molecule has 2 heterocycles. The zero-order valence-corrected chi connectivity index (χ0v) is 15.0. The fourth-order valence-corrected chi connectivity index (χ4v) is 2.70. The average molecular weight is 410 g/mol. The number of rotatable bonds is 4. The van der Waals surface area contributed by atoms with Gasteiger partial charge in [-0.1, -0.05) is 0 Å². The molecular formula is C18H14F4N4O3. The molecule has 0 saturated heterocycles. The number of fused-ring (bicyclic) bond motifs is 1. The summed E-state index contributed by atoms with van der Waals surface area (Å²) in [6.45, 7) is -0.296. The van der Waals surface area contributed by atoms with E-state index in [0.29, 0.717) is 11.8 Å². The standard InChI is InChI=1S/C18H14F4N4O3/c1-25-15-12(6-7-13(24-15)18(20,21)22)16(28)26(17(25)29)9-8-14(27)23-11-4-2-10(19)3-5-11/h2-7H,8-9H2,1H3,(H,23,27). The van der Waals surface area contributed by atoms with Crippen LogP contribution in [-0.4, -0.2) is 20.0 Å². The number of alkyl halides is 3. The van der Waals surface area contributed by atoms with Crippen LogP contribution < -0.4 is 16.6 Å². The highest BCUT2D eigenvalue weighted by Crippen LogP contribution is 2.28. The Kier molecular flexibility index (Phi) is 5.23. The minimum absolute atomic E-state index is 0.181. The maximum absolute atomic E-state index is 12.9. The molecule has 0 radical (unpaired) electrons. The van der Waals surface area contributed by atoms with E-state index < -0.39 is 40.5 Å². The fourth-order valence-electron chi connectivity index (χ4n) is 2.70. The van der Waals surface area contributed by atoms with Crippen molar-refractivity contribution in [3.63, 3.8) is 0 Å². The van der Waals surface area contributed by atoms with E-state index in [1.54, 1.807) is 0 Å². The summed E-state index contributed by atoms with van der Waals surface area (Å²) < 4.78 is 53.0. The molecule has 11 heteroatoms. The van der Waals surface area contributed by atoms with E-state index in [-0.39, 0.29) is 18.4 Å². The van der Waals surface area contributed by atoms with Crippen LogP contribution in [0.25, 0.3) is 11.0 Å². The number of carbonyl (C=O) groups excluding carboxylic acids is 1. The molecule has 0 aliphatic heterocycles. The molecule has 2 aromatic heterocycles. The van der Waals surface area contributed by atoms with Crippen molar-refractivity contribution in [1.29, 1.82) is 0 Å². The largest absolute Gasteiger partial charge is 0.433 e. The number of halogens is 4. The first-order valence-electron chi connectivity index (χ1n) is 8.31. The van der Waals surface area contributed by atoms with Crippen molar-refractivity contribution in [3.05, 3.63) is 68.7 Å². The van der Waals surface area contributed by atoms with Gasteiger partial charge in [0.1, 0.15) is 17.2 Å². The number of nitrogens with one attached hydrogen (secondary N) is 1. The van der Waals surface area contributed by atoms with Gasteiger partial charge >= 0.3 is 11.9 Å². The van der Waals surface area contributed by atoms with Gasteiger partial charge in [-0.2, -0.15) is 13.2 Å². The lowest BCUT2D eigenvalue weighted by Gasteiger charge is -2.12. The van der Waals surface area contributed by atoms with Crippen molar-refractivity contribution in [2.45, 2.75) is 19.1 Å². The van der Waals surface area contributed by atoms with Crippen molar-refractivity contribution >= 4 is 22.6 Å². The minimum Gasteiger partial charge on any atom is -0.326 e. The van der Waals surface area contributed by atoms with Crippen LogP contribution in [0.4, 0.5) is 23.2 Å². The predicted octanol–water partition coefficient (Wildman–Crippen LogP) is 2.28. The van der Waals surface area contributed by atoms with E-state index in [9.17, 15) is 31.9 Å². The monoisotopic (exact) mass is 410 g/mol. The van der Waals surface area contributed by atoms with Crippen LogP contribution in [0.3, 0.4) is 0 Å². The van der Waals surface area contributed by atoms with Crippen molar-refractivity contribution in [1.82, 2.24) is 14.1 Å². The van der Waals surface area contributed by atoms with Crippen LogP contribution in [0, 0.1) is 5.82 Å². The first kappa shape index (κ1) is 20.2. The summed E-state index contributed by atoms with van der Waals surface area (Å²) in [5.41, 5.74) is -3.04. The SMILES string of the molecule is Cn1c(=O)n(CCC(=O)Nc2ccc(F)cc2)c(=O)c2ccc(C(F)(F)F)nc21. The molecular weight excluding hydrogens is 396 g/mol. The number of pyridine rings is 1. The van der Waals surface area contributed by atoms with Gasteiger partial charge in [0.15, 0.2) is 0 Å². The smallest absolute Gasteiger partial charge is 0.326 e. The van der Waals surface area contributed by atoms with Crippen molar-refractivity contribution in [2.75, 3.05) is 5.32 Å². The highest BCUT2D eigenvalue weighted by atomic mass is 19.4. The number of aromatic nitrogens is 3. The molecule has 29 heavy (non-hydrogen) atoms. The molecule has 3 aromatic rings.